The van der Waals surface area contributed by atoms with E-state index in [-0.39, 0.29) is 63.1 Å². The molecule has 0 spiro atoms. The quantitative estimate of drug-likeness (QED) is 0.378. The Labute approximate surface area is 166 Å². The first-order valence-corrected chi connectivity index (χ1v) is 4.77. The van der Waals surface area contributed by atoms with Crippen molar-refractivity contribution in [3.05, 3.63) is 11.7 Å². The largest absolute Gasteiger partial charge is 1.00 e. The predicted octanol–water partition coefficient (Wildman–Crippen LogP) is 2.00. The van der Waals surface area contributed by atoms with Crippen LogP contribution in [0.1, 0.15) is 0 Å². The summed E-state index contributed by atoms with van der Waals surface area (Å²) in [6.07, 6.45) is -7.29. The van der Waals surface area contributed by atoms with Gasteiger partial charge in [0.2, 0.25) is 11.7 Å². The monoisotopic (exact) mass is 412 g/mol. The second-order valence-corrected chi connectivity index (χ2v) is 3.69. The fraction of sp³-hybridized carbons (Fsp3) is 0.500. The van der Waals surface area contributed by atoms with Gasteiger partial charge in [0.1, 0.15) is 0 Å². The van der Waals surface area contributed by atoms with Gasteiger partial charge in [0.15, 0.2) is 0 Å². The van der Waals surface area contributed by atoms with Gasteiger partial charge in [-0.2, -0.15) is 49.7 Å². The van der Waals surface area contributed by atoms with Gasteiger partial charge >= 0.3 is 82.3 Å². The Hall–Kier alpha value is 0.0213. The van der Waals surface area contributed by atoms with Gasteiger partial charge in [-0.15, -0.1) is 0 Å². The maximum Gasteiger partial charge on any atom is 1.00 e. The van der Waals surface area contributed by atoms with E-state index >= 15 is 0 Å². The number of alkyl halides is 9. The van der Waals surface area contributed by atoms with Crippen LogP contribution in [0.25, 0.3) is 0 Å². The third kappa shape index (κ3) is 5.26. The Kier molecular flexibility index (Phi) is 8.45. The Bertz CT molecular complexity index is 544. The van der Waals surface area contributed by atoms with E-state index in [1.54, 1.807) is 0 Å². The van der Waals surface area contributed by atoms with Crippen molar-refractivity contribution in [3.63, 3.8) is 0 Å². The first-order chi connectivity index (χ1) is 9.79. The average Bonchev–Trinajstić information content (AvgIpc) is 2.32. The molecular weight excluding hydrogens is 412 g/mol. The van der Waals surface area contributed by atoms with Gasteiger partial charge in [-0.3, -0.25) is 0 Å². The second-order valence-electron chi connectivity index (χ2n) is 3.69. The Balaban J connectivity index is 0. The normalized spacial score (nSPS) is 15.1. The van der Waals surface area contributed by atoms with Crippen LogP contribution in [-0.2, 0) is 0 Å². The van der Waals surface area contributed by atoms with Crippen molar-refractivity contribution in [1.29, 1.82) is 0 Å². The molecule has 0 rings (SSSR count). The molecule has 0 heterocycles. The molecule has 24 heavy (non-hydrogen) atoms. The van der Waals surface area contributed by atoms with E-state index in [2.05, 4.69) is 0 Å². The minimum atomic E-state index is -7.55. The molecule has 0 bridgehead atoms. The third-order valence-corrected chi connectivity index (χ3v) is 1.96. The summed E-state index contributed by atoms with van der Waals surface area (Å²) in [7, 11) is 0. The van der Waals surface area contributed by atoms with E-state index in [0.717, 1.165) is 0 Å². The number of halogens is 14. The summed E-state index contributed by atoms with van der Waals surface area (Å²) in [5.74, 6) is -30.3. The van der Waals surface area contributed by atoms with Crippen LogP contribution in [-0.4, -0.2) is 30.9 Å². The van der Waals surface area contributed by atoms with Crippen molar-refractivity contribution in [2.75, 3.05) is 0 Å². The number of hydrogen-bond donors (Lipinski definition) is 0. The van der Waals surface area contributed by atoms with Crippen molar-refractivity contribution >= 4 is 6.98 Å². The van der Waals surface area contributed by atoms with Crippen molar-refractivity contribution in [2.45, 2.75) is 23.9 Å². The molecule has 0 N–H and O–H groups in total. The zero-order chi connectivity index (χ0) is 19.1. The van der Waals surface area contributed by atoms with Crippen LogP contribution in [0.2, 0.25) is 0 Å². The van der Waals surface area contributed by atoms with Gasteiger partial charge in [0, 0.05) is 0 Å². The van der Waals surface area contributed by atoms with E-state index in [0.29, 0.717) is 0 Å². The van der Waals surface area contributed by atoms with Gasteiger partial charge in [0.25, 0.3) is 0 Å². The molecule has 0 unspecified atom stereocenters. The summed E-state index contributed by atoms with van der Waals surface area (Å²) in [4.78, 5) is 0. The average molecular weight is 412 g/mol. The molecule has 0 aliphatic rings. The van der Waals surface area contributed by atoms with E-state index in [4.69, 9.17) is 0 Å². The number of rotatable bonds is 3. The van der Waals surface area contributed by atoms with Crippen LogP contribution in [0.4, 0.5) is 61.2 Å². The van der Waals surface area contributed by atoms with E-state index in [9.17, 15) is 61.2 Å². The number of allylic oxidation sites excluding steroid dienone is 2. The summed E-state index contributed by atoms with van der Waals surface area (Å²) in [5.41, 5.74) is 0. The zero-order valence-corrected chi connectivity index (χ0v) is 14.0. The first kappa shape index (κ1) is 26.3. The molecule has 0 atom stereocenters. The number of hydrogen-bond acceptors (Lipinski definition) is 0. The van der Waals surface area contributed by atoms with Crippen molar-refractivity contribution in [2.24, 2.45) is 0 Å². The van der Waals surface area contributed by atoms with E-state index < -0.39 is 42.6 Å². The van der Waals surface area contributed by atoms with Gasteiger partial charge in [0.05, 0.1) is 0 Å². The fourth-order valence-corrected chi connectivity index (χ4v) is 0.851. The van der Waals surface area contributed by atoms with Crippen LogP contribution < -0.4 is 51.4 Å². The summed E-state index contributed by atoms with van der Waals surface area (Å²) in [5, 5.41) is 0. The van der Waals surface area contributed by atoms with Crippen LogP contribution >= 0.6 is 0 Å². The first-order valence-electron chi connectivity index (χ1n) is 4.77. The molecule has 0 nitrogen and oxygen atoms in total. The molecule has 16 heteroatoms. The summed E-state index contributed by atoms with van der Waals surface area (Å²) in [6, 6.07) is 0. The topological polar surface area (TPSA) is 0 Å². The van der Waals surface area contributed by atoms with E-state index in [1.165, 1.54) is 0 Å². The summed E-state index contributed by atoms with van der Waals surface area (Å²) >= 11 is 0. The summed E-state index contributed by atoms with van der Waals surface area (Å²) in [6.45, 7) is -6.24. The van der Waals surface area contributed by atoms with Crippen LogP contribution in [0, 0.1) is 11.7 Å². The van der Waals surface area contributed by atoms with Crippen LogP contribution in [0.3, 0.4) is 0 Å². The zero-order valence-electron chi connectivity index (χ0n) is 10.9. The van der Waals surface area contributed by atoms with Crippen molar-refractivity contribution < 1.29 is 113 Å². The molecule has 0 saturated carbocycles. The third-order valence-electron chi connectivity index (χ3n) is 1.96. The van der Waals surface area contributed by atoms with Gasteiger partial charge in [-0.1, -0.05) is 5.92 Å². The standard InChI is InChI=1S/C8BF14.K/c10-3(1-2-9(21,22)23)4(11)5(12,13)6(14,15)7(16,17)8(18,19)20;/q-1;+1/b4-3+;. The van der Waals surface area contributed by atoms with Gasteiger partial charge in [-0.25, -0.2) is 4.39 Å². The minimum absolute atomic E-state index is 0. The summed E-state index contributed by atoms with van der Waals surface area (Å²) < 4.78 is 170. The predicted molar refractivity (Wildman–Crippen MR) is 47.0 cm³/mol. The molecule has 0 aliphatic carbocycles. The second kappa shape index (κ2) is 7.72. The minimum Gasteiger partial charge on any atom is -0.438 e. The Morgan fingerprint density at radius 3 is 1.38 bits per heavy atom. The maximum absolute atomic E-state index is 12.7. The molecule has 0 saturated heterocycles. The molecule has 0 fully saturated rings. The maximum atomic E-state index is 12.7. The molecule has 0 aliphatic heterocycles. The molecular formula is C8BF14K. The Morgan fingerprint density at radius 2 is 1.08 bits per heavy atom. The van der Waals surface area contributed by atoms with Crippen molar-refractivity contribution in [3.8, 4) is 11.7 Å². The van der Waals surface area contributed by atoms with Crippen LogP contribution in [0.15, 0.2) is 11.7 Å². The van der Waals surface area contributed by atoms with E-state index in [1.807, 2.05) is 0 Å². The Morgan fingerprint density at radius 1 is 0.708 bits per heavy atom. The molecule has 0 radical (unpaired) electrons. The molecule has 0 amide bonds. The molecule has 0 aromatic heterocycles. The SMILES string of the molecule is F/C(C#C[B-](F)(F)F)=C(/F)C(F)(F)C(F)(F)C(F)(F)C(F)(F)F.[K+]. The van der Waals surface area contributed by atoms with Gasteiger partial charge < -0.3 is 12.9 Å². The fourth-order valence-electron chi connectivity index (χ4n) is 0.851. The smallest absolute Gasteiger partial charge is 0.438 e. The van der Waals surface area contributed by atoms with Gasteiger partial charge in [-0.05, 0) is 0 Å². The molecule has 134 valence electrons. The molecule has 0 aromatic carbocycles. The molecule has 0 aromatic rings. The van der Waals surface area contributed by atoms with Crippen molar-refractivity contribution in [1.82, 2.24) is 0 Å². The van der Waals surface area contributed by atoms with Crippen LogP contribution in [0.5, 0.6) is 0 Å².